The van der Waals surface area contributed by atoms with Gasteiger partial charge in [-0.1, -0.05) is 13.8 Å². The molecule has 0 saturated heterocycles. The first-order chi connectivity index (χ1) is 8.12. The van der Waals surface area contributed by atoms with Crippen molar-refractivity contribution in [1.29, 1.82) is 0 Å². The van der Waals surface area contributed by atoms with Gasteiger partial charge in [-0.05, 0) is 32.7 Å². The Morgan fingerprint density at radius 1 is 1.47 bits per heavy atom. The number of carbonyl (C=O) groups excluding carboxylic acids is 1. The molecule has 1 aliphatic carbocycles. The predicted octanol–water partition coefficient (Wildman–Crippen LogP) is 1.40. The van der Waals surface area contributed by atoms with Crippen LogP contribution in [0.4, 0.5) is 0 Å². The highest BCUT2D eigenvalue weighted by Crippen LogP contribution is 2.20. The van der Waals surface area contributed by atoms with E-state index >= 15 is 0 Å². The zero-order valence-electron chi connectivity index (χ0n) is 11.5. The van der Waals surface area contributed by atoms with Crippen molar-refractivity contribution in [3.05, 3.63) is 0 Å². The van der Waals surface area contributed by atoms with Crippen LogP contribution in [0.2, 0.25) is 0 Å². The number of likely N-dealkylation sites (N-methyl/N-ethyl adjacent to an activating group) is 1. The summed E-state index contributed by atoms with van der Waals surface area (Å²) in [6.07, 6.45) is 3.47. The number of hydrogen-bond acceptors (Lipinski definition) is 4. The van der Waals surface area contributed by atoms with Gasteiger partial charge in [-0.2, -0.15) is 0 Å². The standard InChI is InChI=1S/C13H26N2O2/c1-5-10(3)15(6-2)9-12(13(16)17-4)14-11-7-8-11/h10-12,14H,5-9H2,1-4H3. The molecule has 1 aliphatic rings. The molecule has 0 spiro atoms. The summed E-state index contributed by atoms with van der Waals surface area (Å²) in [7, 11) is 1.46. The SMILES string of the molecule is CCC(C)N(CC)CC(NC1CC1)C(=O)OC. The average Bonchev–Trinajstić information content (AvgIpc) is 3.16. The third-order valence-electron chi connectivity index (χ3n) is 3.54. The molecule has 2 atom stereocenters. The Morgan fingerprint density at radius 2 is 2.12 bits per heavy atom. The molecule has 0 amide bonds. The maximum atomic E-state index is 11.7. The molecule has 0 aliphatic heterocycles. The summed E-state index contributed by atoms with van der Waals surface area (Å²) >= 11 is 0. The van der Waals surface area contributed by atoms with Gasteiger partial charge in [0.25, 0.3) is 0 Å². The van der Waals surface area contributed by atoms with Crippen molar-refractivity contribution in [3.63, 3.8) is 0 Å². The van der Waals surface area contributed by atoms with Crippen LogP contribution in [-0.4, -0.2) is 49.2 Å². The van der Waals surface area contributed by atoms with Crippen LogP contribution in [0.25, 0.3) is 0 Å². The van der Waals surface area contributed by atoms with Crippen molar-refractivity contribution >= 4 is 5.97 Å². The molecule has 0 aromatic heterocycles. The summed E-state index contributed by atoms with van der Waals surface area (Å²) in [5.74, 6) is -0.140. The number of ether oxygens (including phenoxy) is 1. The molecule has 100 valence electrons. The van der Waals surface area contributed by atoms with E-state index in [1.165, 1.54) is 20.0 Å². The van der Waals surface area contributed by atoms with Gasteiger partial charge in [0.15, 0.2) is 0 Å². The van der Waals surface area contributed by atoms with Gasteiger partial charge < -0.3 is 10.1 Å². The third-order valence-corrected chi connectivity index (χ3v) is 3.54. The molecule has 0 radical (unpaired) electrons. The Kier molecular flexibility index (Phi) is 5.92. The molecule has 1 N–H and O–H groups in total. The molecule has 0 aromatic carbocycles. The van der Waals surface area contributed by atoms with Gasteiger partial charge in [-0.25, -0.2) is 0 Å². The molecule has 17 heavy (non-hydrogen) atoms. The van der Waals surface area contributed by atoms with Crippen LogP contribution in [0.15, 0.2) is 0 Å². The number of esters is 1. The smallest absolute Gasteiger partial charge is 0.324 e. The lowest BCUT2D eigenvalue weighted by Crippen LogP contribution is -2.49. The van der Waals surface area contributed by atoms with Crippen LogP contribution in [0.5, 0.6) is 0 Å². The topological polar surface area (TPSA) is 41.6 Å². The summed E-state index contributed by atoms with van der Waals surface area (Å²) in [6, 6.07) is 0.851. The van der Waals surface area contributed by atoms with E-state index in [-0.39, 0.29) is 12.0 Å². The molecule has 4 nitrogen and oxygen atoms in total. The largest absolute Gasteiger partial charge is 0.468 e. The van der Waals surface area contributed by atoms with Gasteiger partial charge in [0.1, 0.15) is 6.04 Å². The summed E-state index contributed by atoms with van der Waals surface area (Å²) in [4.78, 5) is 14.1. The van der Waals surface area contributed by atoms with Crippen LogP contribution in [-0.2, 0) is 9.53 Å². The van der Waals surface area contributed by atoms with Crippen LogP contribution >= 0.6 is 0 Å². The third kappa shape index (κ3) is 4.64. The first-order valence-corrected chi connectivity index (χ1v) is 6.70. The number of carbonyl (C=O) groups is 1. The van der Waals surface area contributed by atoms with Crippen LogP contribution < -0.4 is 5.32 Å². The molecule has 4 heteroatoms. The van der Waals surface area contributed by atoms with E-state index in [0.717, 1.165) is 19.5 Å². The van der Waals surface area contributed by atoms with Gasteiger partial charge in [-0.3, -0.25) is 9.69 Å². The van der Waals surface area contributed by atoms with Crippen LogP contribution in [0.3, 0.4) is 0 Å². The van der Waals surface area contributed by atoms with Crippen molar-refractivity contribution in [2.75, 3.05) is 20.2 Å². The van der Waals surface area contributed by atoms with E-state index in [1.807, 2.05) is 0 Å². The van der Waals surface area contributed by atoms with Gasteiger partial charge in [-0.15, -0.1) is 0 Å². The number of rotatable bonds is 8. The molecule has 0 heterocycles. The summed E-state index contributed by atoms with van der Waals surface area (Å²) in [6.45, 7) is 8.23. The highest BCUT2D eigenvalue weighted by Gasteiger charge is 2.30. The van der Waals surface area contributed by atoms with Crippen LogP contribution in [0, 0.1) is 0 Å². The Bertz CT molecular complexity index is 242. The fourth-order valence-corrected chi connectivity index (χ4v) is 1.99. The number of methoxy groups -OCH3 is 1. The minimum atomic E-state index is -0.179. The van der Waals surface area contributed by atoms with Gasteiger partial charge >= 0.3 is 5.97 Å². The van der Waals surface area contributed by atoms with Gasteiger partial charge in [0.2, 0.25) is 0 Å². The highest BCUT2D eigenvalue weighted by atomic mass is 16.5. The normalized spacial score (nSPS) is 19.1. The average molecular weight is 242 g/mol. The monoisotopic (exact) mass is 242 g/mol. The number of nitrogens with zero attached hydrogens (tertiary/aromatic N) is 1. The van der Waals surface area contributed by atoms with Crippen molar-refractivity contribution in [2.24, 2.45) is 0 Å². The Hall–Kier alpha value is -0.610. The molecule has 0 aromatic rings. The van der Waals surface area contributed by atoms with Crippen molar-refractivity contribution < 1.29 is 9.53 Å². The fourth-order valence-electron chi connectivity index (χ4n) is 1.99. The Morgan fingerprint density at radius 3 is 2.53 bits per heavy atom. The summed E-state index contributed by atoms with van der Waals surface area (Å²) in [5, 5.41) is 3.37. The molecule has 2 unspecified atom stereocenters. The van der Waals surface area contributed by atoms with Crippen molar-refractivity contribution in [3.8, 4) is 0 Å². The Labute approximate surface area is 105 Å². The van der Waals surface area contributed by atoms with Crippen molar-refractivity contribution in [2.45, 2.75) is 58.2 Å². The van der Waals surface area contributed by atoms with Crippen molar-refractivity contribution in [1.82, 2.24) is 10.2 Å². The first kappa shape index (κ1) is 14.5. The number of hydrogen-bond donors (Lipinski definition) is 1. The highest BCUT2D eigenvalue weighted by molar-refractivity contribution is 5.76. The molecule has 0 bridgehead atoms. The maximum absolute atomic E-state index is 11.7. The molecule has 1 rings (SSSR count). The quantitative estimate of drug-likeness (QED) is 0.653. The lowest BCUT2D eigenvalue weighted by Gasteiger charge is -2.30. The first-order valence-electron chi connectivity index (χ1n) is 6.70. The van der Waals surface area contributed by atoms with E-state index in [0.29, 0.717) is 12.1 Å². The fraction of sp³-hybridized carbons (Fsp3) is 0.923. The van der Waals surface area contributed by atoms with E-state index in [4.69, 9.17) is 4.74 Å². The minimum absolute atomic E-state index is 0.140. The lowest BCUT2D eigenvalue weighted by atomic mass is 10.2. The second-order valence-electron chi connectivity index (χ2n) is 4.86. The van der Waals surface area contributed by atoms with E-state index in [1.54, 1.807) is 0 Å². The molecular formula is C13H26N2O2. The van der Waals surface area contributed by atoms with E-state index in [2.05, 4.69) is 31.0 Å². The van der Waals surface area contributed by atoms with Gasteiger partial charge in [0.05, 0.1) is 7.11 Å². The zero-order chi connectivity index (χ0) is 12.8. The second kappa shape index (κ2) is 6.97. The summed E-state index contributed by atoms with van der Waals surface area (Å²) in [5.41, 5.74) is 0. The summed E-state index contributed by atoms with van der Waals surface area (Å²) < 4.78 is 4.87. The van der Waals surface area contributed by atoms with E-state index < -0.39 is 0 Å². The maximum Gasteiger partial charge on any atom is 0.324 e. The number of nitrogens with one attached hydrogen (secondary N) is 1. The minimum Gasteiger partial charge on any atom is -0.468 e. The van der Waals surface area contributed by atoms with E-state index in [9.17, 15) is 4.79 Å². The Balaban J connectivity index is 2.52. The molecule has 1 saturated carbocycles. The van der Waals surface area contributed by atoms with Crippen LogP contribution in [0.1, 0.15) is 40.0 Å². The predicted molar refractivity (Wildman–Crippen MR) is 69.0 cm³/mol. The van der Waals surface area contributed by atoms with Gasteiger partial charge in [0, 0.05) is 18.6 Å². The molecular weight excluding hydrogens is 216 g/mol. The second-order valence-corrected chi connectivity index (χ2v) is 4.86. The lowest BCUT2D eigenvalue weighted by molar-refractivity contribution is -0.143. The molecule has 1 fully saturated rings. The zero-order valence-corrected chi connectivity index (χ0v) is 11.5.